The Morgan fingerprint density at radius 2 is 1.93 bits per heavy atom. The van der Waals surface area contributed by atoms with Gasteiger partial charge in [-0.2, -0.15) is 0 Å². The van der Waals surface area contributed by atoms with Gasteiger partial charge < -0.3 is 20.1 Å². The van der Waals surface area contributed by atoms with Crippen molar-refractivity contribution in [2.45, 2.75) is 77.3 Å². The molecule has 7 heteroatoms. The van der Waals surface area contributed by atoms with Crippen LogP contribution in [0.4, 0.5) is 0 Å². The van der Waals surface area contributed by atoms with E-state index in [1.54, 1.807) is 6.07 Å². The van der Waals surface area contributed by atoms with Gasteiger partial charge in [0.2, 0.25) is 5.91 Å². The SMILES string of the molecule is C[C@@H]1CC(NC(=O)c2cc(C3CC3)on2)CCN1C(=O)C(C)(C)C1CCNCC1. The van der Waals surface area contributed by atoms with Crippen LogP contribution in [0.2, 0.25) is 0 Å². The zero-order valence-electron chi connectivity index (χ0n) is 17.9. The van der Waals surface area contributed by atoms with Crippen molar-refractivity contribution in [3.05, 3.63) is 17.5 Å². The van der Waals surface area contributed by atoms with Crippen molar-refractivity contribution in [3.63, 3.8) is 0 Å². The van der Waals surface area contributed by atoms with Gasteiger partial charge in [-0.05, 0) is 64.5 Å². The van der Waals surface area contributed by atoms with Crippen LogP contribution < -0.4 is 10.6 Å². The molecule has 0 bridgehead atoms. The monoisotopic (exact) mass is 402 g/mol. The van der Waals surface area contributed by atoms with E-state index in [1.807, 2.05) is 4.90 Å². The van der Waals surface area contributed by atoms with Crippen molar-refractivity contribution in [3.8, 4) is 0 Å². The minimum Gasteiger partial charge on any atom is -0.360 e. The van der Waals surface area contributed by atoms with Crippen molar-refractivity contribution in [1.29, 1.82) is 0 Å². The highest BCUT2D eigenvalue weighted by Crippen LogP contribution is 2.40. The van der Waals surface area contributed by atoms with Crippen LogP contribution >= 0.6 is 0 Å². The lowest BCUT2D eigenvalue weighted by molar-refractivity contribution is -0.147. The summed E-state index contributed by atoms with van der Waals surface area (Å²) in [5, 5.41) is 10.4. The number of nitrogens with zero attached hydrogens (tertiary/aromatic N) is 2. The number of likely N-dealkylation sites (tertiary alicyclic amines) is 1. The van der Waals surface area contributed by atoms with Crippen LogP contribution in [0.5, 0.6) is 0 Å². The zero-order valence-corrected chi connectivity index (χ0v) is 17.9. The van der Waals surface area contributed by atoms with Crippen molar-refractivity contribution in [1.82, 2.24) is 20.7 Å². The van der Waals surface area contributed by atoms with E-state index in [4.69, 9.17) is 4.52 Å². The van der Waals surface area contributed by atoms with Gasteiger partial charge >= 0.3 is 0 Å². The van der Waals surface area contributed by atoms with Gasteiger partial charge in [0.25, 0.3) is 5.91 Å². The largest absolute Gasteiger partial charge is 0.360 e. The number of carbonyl (C=O) groups excluding carboxylic acids is 2. The van der Waals surface area contributed by atoms with Crippen LogP contribution in [0.15, 0.2) is 10.6 Å². The molecule has 7 nitrogen and oxygen atoms in total. The fourth-order valence-electron chi connectivity index (χ4n) is 4.91. The van der Waals surface area contributed by atoms with Gasteiger partial charge in [-0.1, -0.05) is 19.0 Å². The van der Waals surface area contributed by atoms with Crippen LogP contribution in [-0.2, 0) is 4.79 Å². The molecular weight excluding hydrogens is 368 g/mol. The predicted molar refractivity (Wildman–Crippen MR) is 110 cm³/mol. The molecule has 2 saturated heterocycles. The van der Waals surface area contributed by atoms with Crippen LogP contribution in [0.1, 0.15) is 81.5 Å². The standard InChI is InChI=1S/C22H34N4O3/c1-14-12-17(24-20(27)18-13-19(29-25-18)15-4-5-15)8-11-26(14)21(28)22(2,3)16-6-9-23-10-7-16/h13-17,23H,4-12H2,1-3H3,(H,24,27)/t14-,17?/m1/s1. The number of carbonyl (C=O) groups is 2. The predicted octanol–water partition coefficient (Wildman–Crippen LogP) is 2.69. The minimum absolute atomic E-state index is 0.0598. The van der Waals surface area contributed by atoms with Crippen molar-refractivity contribution in [2.24, 2.45) is 11.3 Å². The fraction of sp³-hybridized carbons (Fsp3) is 0.773. The molecule has 2 atom stereocenters. The Hall–Kier alpha value is -1.89. The second kappa shape index (κ2) is 8.09. The smallest absolute Gasteiger partial charge is 0.273 e. The lowest BCUT2D eigenvalue weighted by Crippen LogP contribution is -2.55. The first-order chi connectivity index (χ1) is 13.9. The summed E-state index contributed by atoms with van der Waals surface area (Å²) in [6.07, 6.45) is 5.90. The fourth-order valence-corrected chi connectivity index (χ4v) is 4.91. The number of hydrogen-bond donors (Lipinski definition) is 2. The lowest BCUT2D eigenvalue weighted by Gasteiger charge is -2.44. The summed E-state index contributed by atoms with van der Waals surface area (Å²) in [4.78, 5) is 27.9. The third-order valence-electron chi connectivity index (χ3n) is 7.12. The highest BCUT2D eigenvalue weighted by atomic mass is 16.5. The molecule has 1 aliphatic carbocycles. The average Bonchev–Trinajstić information content (AvgIpc) is 3.44. The maximum atomic E-state index is 13.3. The van der Waals surface area contributed by atoms with Crippen molar-refractivity contribution < 1.29 is 14.1 Å². The summed E-state index contributed by atoms with van der Waals surface area (Å²) >= 11 is 0. The molecule has 160 valence electrons. The molecule has 1 unspecified atom stereocenters. The molecular formula is C22H34N4O3. The van der Waals surface area contributed by atoms with Crippen molar-refractivity contribution >= 4 is 11.8 Å². The Balaban J connectivity index is 1.32. The van der Waals surface area contributed by atoms with E-state index in [2.05, 4.69) is 36.6 Å². The molecule has 0 spiro atoms. The molecule has 3 aliphatic rings. The first kappa shape index (κ1) is 20.4. The summed E-state index contributed by atoms with van der Waals surface area (Å²) in [6.45, 7) is 8.98. The van der Waals surface area contributed by atoms with Gasteiger partial charge in [-0.3, -0.25) is 9.59 Å². The highest BCUT2D eigenvalue weighted by Gasteiger charge is 2.42. The third-order valence-corrected chi connectivity index (χ3v) is 7.12. The molecule has 1 saturated carbocycles. The first-order valence-electron chi connectivity index (χ1n) is 11.2. The summed E-state index contributed by atoms with van der Waals surface area (Å²) < 4.78 is 5.30. The molecule has 29 heavy (non-hydrogen) atoms. The summed E-state index contributed by atoms with van der Waals surface area (Å²) in [5.74, 6) is 1.78. The third kappa shape index (κ3) is 4.34. The quantitative estimate of drug-likeness (QED) is 0.791. The molecule has 3 heterocycles. The minimum atomic E-state index is -0.341. The molecule has 0 aromatic carbocycles. The van der Waals surface area contributed by atoms with E-state index < -0.39 is 0 Å². The maximum absolute atomic E-state index is 13.3. The molecule has 1 aromatic rings. The number of nitrogens with one attached hydrogen (secondary N) is 2. The van der Waals surface area contributed by atoms with Crippen LogP contribution in [-0.4, -0.2) is 53.6 Å². The number of piperidine rings is 2. The van der Waals surface area contributed by atoms with E-state index >= 15 is 0 Å². The molecule has 3 fully saturated rings. The number of amides is 2. The Kier molecular flexibility index (Phi) is 5.69. The average molecular weight is 403 g/mol. The second-order valence-electron chi connectivity index (χ2n) is 9.68. The normalized spacial score (nSPS) is 26.4. The molecule has 2 N–H and O–H groups in total. The van der Waals surface area contributed by atoms with Gasteiger partial charge in [0.1, 0.15) is 5.76 Å². The first-order valence-corrected chi connectivity index (χ1v) is 11.2. The van der Waals surface area contributed by atoms with Crippen LogP contribution in [0, 0.1) is 11.3 Å². The summed E-state index contributed by atoms with van der Waals surface area (Å²) in [6, 6.07) is 1.95. The number of hydrogen-bond acceptors (Lipinski definition) is 5. The van der Waals surface area contributed by atoms with Gasteiger partial charge in [0.05, 0.1) is 0 Å². The van der Waals surface area contributed by atoms with E-state index in [9.17, 15) is 9.59 Å². The van der Waals surface area contributed by atoms with Gasteiger partial charge in [0, 0.05) is 36.0 Å². The molecule has 2 amide bonds. The second-order valence-corrected chi connectivity index (χ2v) is 9.68. The summed E-state index contributed by atoms with van der Waals surface area (Å²) in [7, 11) is 0. The lowest BCUT2D eigenvalue weighted by atomic mass is 9.72. The van der Waals surface area contributed by atoms with E-state index in [-0.39, 0.29) is 29.3 Å². The Bertz CT molecular complexity index is 749. The Morgan fingerprint density at radius 3 is 2.59 bits per heavy atom. The molecule has 1 aromatic heterocycles. The Labute approximate surface area is 172 Å². The molecule has 4 rings (SSSR count). The number of rotatable bonds is 5. The van der Waals surface area contributed by atoms with Gasteiger partial charge in [0.15, 0.2) is 5.69 Å². The van der Waals surface area contributed by atoms with E-state index in [1.165, 1.54) is 0 Å². The topological polar surface area (TPSA) is 87.5 Å². The maximum Gasteiger partial charge on any atom is 0.273 e. The van der Waals surface area contributed by atoms with Crippen LogP contribution in [0.25, 0.3) is 0 Å². The number of aromatic nitrogens is 1. The van der Waals surface area contributed by atoms with Gasteiger partial charge in [-0.25, -0.2) is 0 Å². The summed E-state index contributed by atoms with van der Waals surface area (Å²) in [5.41, 5.74) is 0.0249. The van der Waals surface area contributed by atoms with E-state index in [0.717, 1.165) is 57.4 Å². The molecule has 2 aliphatic heterocycles. The highest BCUT2D eigenvalue weighted by molar-refractivity contribution is 5.92. The van der Waals surface area contributed by atoms with Gasteiger partial charge in [-0.15, -0.1) is 0 Å². The van der Waals surface area contributed by atoms with Crippen LogP contribution in [0.3, 0.4) is 0 Å². The van der Waals surface area contributed by atoms with E-state index in [0.29, 0.717) is 24.1 Å². The van der Waals surface area contributed by atoms with Crippen molar-refractivity contribution in [2.75, 3.05) is 19.6 Å². The Morgan fingerprint density at radius 1 is 1.21 bits per heavy atom. The zero-order chi connectivity index (χ0) is 20.6. The molecule has 0 radical (unpaired) electrons.